The van der Waals surface area contributed by atoms with E-state index in [1.54, 1.807) is 0 Å². The van der Waals surface area contributed by atoms with Gasteiger partial charge in [0.15, 0.2) is 5.54 Å². The Morgan fingerprint density at radius 1 is 1.55 bits per heavy atom. The van der Waals surface area contributed by atoms with Gasteiger partial charge in [-0.15, -0.1) is 0 Å². The molecule has 3 atom stereocenters. The van der Waals surface area contributed by atoms with Crippen LogP contribution >= 0.6 is 0 Å². The number of ether oxygens (including phenoxy) is 1. The number of hydrogen-bond donors (Lipinski definition) is 1. The van der Waals surface area contributed by atoms with Gasteiger partial charge in [0.25, 0.3) is 18.1 Å². The van der Waals surface area contributed by atoms with Gasteiger partial charge in [0.1, 0.15) is 11.9 Å². The number of nitrogens with zero attached hydrogens (tertiary/aromatic N) is 2. The van der Waals surface area contributed by atoms with E-state index in [1.165, 1.54) is 6.92 Å². The number of aliphatic imine (C=N–C) groups is 1. The highest BCUT2D eigenvalue weighted by Crippen LogP contribution is 2.56. The lowest BCUT2D eigenvalue weighted by atomic mass is 9.82. The molecule has 3 unspecified atom stereocenters. The van der Waals surface area contributed by atoms with Crippen LogP contribution < -0.4 is 5.73 Å². The van der Waals surface area contributed by atoms with Crippen molar-refractivity contribution in [1.82, 2.24) is 0 Å². The first-order valence-electron chi connectivity index (χ1n) is 6.52. The van der Waals surface area contributed by atoms with Gasteiger partial charge in [-0.05, 0) is 24.5 Å². The number of benzene rings is 1. The quantitative estimate of drug-likeness (QED) is 0.684. The average Bonchev–Trinajstić information content (AvgIpc) is 3.19. The highest BCUT2D eigenvalue weighted by molar-refractivity contribution is 5.74. The van der Waals surface area contributed by atoms with Gasteiger partial charge in [0, 0.05) is 12.0 Å². The fraction of sp³-hybridized carbons (Fsp3) is 0.462. The summed E-state index contributed by atoms with van der Waals surface area (Å²) in [7, 11) is 0. The zero-order valence-corrected chi connectivity index (χ0v) is 11.4. The topological polar surface area (TPSA) is 90.8 Å². The second kappa shape index (κ2) is 4.59. The molecule has 0 spiro atoms. The van der Waals surface area contributed by atoms with Gasteiger partial charge >= 0.3 is 0 Å². The van der Waals surface area contributed by atoms with Crippen molar-refractivity contribution in [1.29, 1.82) is 0 Å². The Hall–Kier alpha value is -2.32. The average molecular weight is 315 g/mol. The number of non-ortho nitro benzene ring substituents is 1. The van der Waals surface area contributed by atoms with E-state index < -0.39 is 46.4 Å². The molecule has 9 heteroatoms. The monoisotopic (exact) mass is 315 g/mol. The molecule has 118 valence electrons. The maximum Gasteiger partial charge on any atom is 0.283 e. The summed E-state index contributed by atoms with van der Waals surface area (Å²) in [5.74, 6) is -1.61. The molecule has 1 aromatic carbocycles. The molecule has 1 saturated carbocycles. The van der Waals surface area contributed by atoms with Crippen LogP contribution in [0.2, 0.25) is 0 Å². The van der Waals surface area contributed by atoms with E-state index in [9.17, 15) is 23.3 Å². The molecule has 0 radical (unpaired) electrons. The Morgan fingerprint density at radius 2 is 2.23 bits per heavy atom. The van der Waals surface area contributed by atoms with Gasteiger partial charge in [-0.1, -0.05) is 0 Å². The molecule has 3 rings (SSSR count). The second-order valence-corrected chi connectivity index (χ2v) is 5.43. The predicted molar refractivity (Wildman–Crippen MR) is 70.1 cm³/mol. The maximum atomic E-state index is 14.0. The van der Waals surface area contributed by atoms with Crippen LogP contribution in [0, 0.1) is 28.8 Å². The summed E-state index contributed by atoms with van der Waals surface area (Å²) >= 11 is 0. The summed E-state index contributed by atoms with van der Waals surface area (Å²) in [4.78, 5) is 13.8. The maximum absolute atomic E-state index is 14.0. The number of halogens is 3. The highest BCUT2D eigenvalue weighted by atomic mass is 19.3. The molecule has 2 N–H and O–H groups in total. The number of nitrogens with two attached hydrogens (primary N) is 1. The summed E-state index contributed by atoms with van der Waals surface area (Å²) in [6, 6.07) is 1.24. The molecule has 1 heterocycles. The summed E-state index contributed by atoms with van der Waals surface area (Å²) in [5, 5.41) is 10.9. The van der Waals surface area contributed by atoms with E-state index in [0.29, 0.717) is 6.07 Å². The molecule has 0 amide bonds. The summed E-state index contributed by atoms with van der Waals surface area (Å²) < 4.78 is 46.8. The fourth-order valence-corrected chi connectivity index (χ4v) is 2.99. The van der Waals surface area contributed by atoms with E-state index in [0.717, 1.165) is 6.07 Å². The number of hydrogen-bond acceptors (Lipinski definition) is 5. The Morgan fingerprint density at radius 3 is 2.82 bits per heavy atom. The first kappa shape index (κ1) is 14.6. The summed E-state index contributed by atoms with van der Waals surface area (Å²) in [6.45, 7) is 1.29. The first-order valence-corrected chi connectivity index (χ1v) is 6.52. The molecule has 1 aliphatic heterocycles. The normalized spacial score (nSPS) is 29.6. The minimum absolute atomic E-state index is 0.102. The molecule has 1 fully saturated rings. The standard InChI is InChI=1S/C13H12F3N3O3/c1-5-7(2-6(19(20)21)3-9(5)14)13(11(15)16)8-4-10(8)22-12(17)18-13/h2-3,8,10-11H,4H2,1H3,(H2,17,18). The van der Waals surface area contributed by atoms with E-state index in [1.807, 2.05) is 0 Å². The highest BCUT2D eigenvalue weighted by Gasteiger charge is 2.64. The molecule has 0 bridgehead atoms. The minimum atomic E-state index is -3.00. The van der Waals surface area contributed by atoms with Crippen molar-refractivity contribution < 1.29 is 22.8 Å². The number of alkyl halides is 2. The molecule has 0 saturated heterocycles. The summed E-state index contributed by atoms with van der Waals surface area (Å²) in [6.07, 6.45) is -3.23. The van der Waals surface area contributed by atoms with Crippen LogP contribution in [0.15, 0.2) is 17.1 Å². The van der Waals surface area contributed by atoms with Gasteiger partial charge in [0.2, 0.25) is 0 Å². The Labute approximate surface area is 122 Å². The van der Waals surface area contributed by atoms with E-state index in [-0.39, 0.29) is 17.5 Å². The summed E-state index contributed by atoms with van der Waals surface area (Å²) in [5.41, 5.74) is 2.43. The van der Waals surface area contributed by atoms with Gasteiger partial charge in [0.05, 0.1) is 11.0 Å². The Bertz CT molecular complexity index is 695. The number of nitro groups is 1. The third kappa shape index (κ3) is 1.92. The third-order valence-corrected chi connectivity index (χ3v) is 4.17. The van der Waals surface area contributed by atoms with Gasteiger partial charge in [-0.25, -0.2) is 18.2 Å². The van der Waals surface area contributed by atoms with Gasteiger partial charge in [-0.3, -0.25) is 10.1 Å². The van der Waals surface area contributed by atoms with Crippen molar-refractivity contribution in [2.75, 3.05) is 0 Å². The molecule has 0 aromatic heterocycles. The lowest BCUT2D eigenvalue weighted by Gasteiger charge is -2.33. The minimum Gasteiger partial charge on any atom is -0.462 e. The third-order valence-electron chi connectivity index (χ3n) is 4.17. The second-order valence-electron chi connectivity index (χ2n) is 5.43. The van der Waals surface area contributed by atoms with Gasteiger partial charge in [-0.2, -0.15) is 0 Å². The van der Waals surface area contributed by atoms with Crippen LogP contribution in [0.1, 0.15) is 17.5 Å². The van der Waals surface area contributed by atoms with Crippen molar-refractivity contribution in [2.45, 2.75) is 31.4 Å². The van der Waals surface area contributed by atoms with Crippen molar-refractivity contribution in [3.05, 3.63) is 39.2 Å². The SMILES string of the molecule is Cc1c(F)cc([N+](=O)[O-])cc1C1(C(F)F)N=C(N)OC2CC21. The van der Waals surface area contributed by atoms with E-state index >= 15 is 0 Å². The van der Waals surface area contributed by atoms with Crippen LogP contribution in [0.4, 0.5) is 18.9 Å². The lowest BCUT2D eigenvalue weighted by Crippen LogP contribution is -2.43. The molecular formula is C13H12F3N3O3. The van der Waals surface area contributed by atoms with Crippen LogP contribution in [0.3, 0.4) is 0 Å². The molecule has 1 aliphatic carbocycles. The van der Waals surface area contributed by atoms with Gasteiger partial charge < -0.3 is 10.5 Å². The van der Waals surface area contributed by atoms with E-state index in [4.69, 9.17) is 10.5 Å². The van der Waals surface area contributed by atoms with Crippen LogP contribution in [0.5, 0.6) is 0 Å². The number of rotatable bonds is 3. The zero-order chi connectivity index (χ0) is 16.2. The van der Waals surface area contributed by atoms with Crippen LogP contribution in [-0.4, -0.2) is 23.5 Å². The van der Waals surface area contributed by atoms with Crippen molar-refractivity contribution in [3.8, 4) is 0 Å². The lowest BCUT2D eigenvalue weighted by molar-refractivity contribution is -0.385. The molecule has 22 heavy (non-hydrogen) atoms. The molecule has 2 aliphatic rings. The molecule has 1 aromatic rings. The number of amidine groups is 1. The van der Waals surface area contributed by atoms with Crippen molar-refractivity contribution in [2.24, 2.45) is 16.6 Å². The predicted octanol–water partition coefficient (Wildman–Crippen LogP) is 2.24. The Balaban J connectivity index is 2.27. The number of fused-ring (bicyclic) bond motifs is 1. The Kier molecular flexibility index (Phi) is 3.05. The first-order chi connectivity index (χ1) is 10.3. The molecular weight excluding hydrogens is 303 g/mol. The smallest absolute Gasteiger partial charge is 0.283 e. The fourth-order valence-electron chi connectivity index (χ4n) is 2.99. The van der Waals surface area contributed by atoms with E-state index in [2.05, 4.69) is 4.99 Å². The largest absolute Gasteiger partial charge is 0.462 e. The molecule has 6 nitrogen and oxygen atoms in total. The van der Waals surface area contributed by atoms with Crippen molar-refractivity contribution >= 4 is 11.7 Å². The van der Waals surface area contributed by atoms with Crippen molar-refractivity contribution in [3.63, 3.8) is 0 Å². The van der Waals surface area contributed by atoms with Crippen LogP contribution in [-0.2, 0) is 10.3 Å². The zero-order valence-electron chi connectivity index (χ0n) is 11.4. The van der Waals surface area contributed by atoms with Crippen LogP contribution in [0.25, 0.3) is 0 Å². The number of nitro benzene ring substituents is 1.